The minimum atomic E-state index is 0.0156. The van der Waals surface area contributed by atoms with Gasteiger partial charge in [0.25, 0.3) is 5.91 Å². The molecule has 5 heteroatoms. The van der Waals surface area contributed by atoms with Gasteiger partial charge >= 0.3 is 0 Å². The SMILES string of the molecule is CN(C)C1=NN(c2ccccc2)C(=O)CS1. The van der Waals surface area contributed by atoms with E-state index in [-0.39, 0.29) is 5.91 Å². The third-order valence-corrected chi connectivity index (χ3v) is 3.23. The van der Waals surface area contributed by atoms with E-state index < -0.39 is 0 Å². The molecule has 0 N–H and O–H groups in total. The maximum absolute atomic E-state index is 11.7. The van der Waals surface area contributed by atoms with Gasteiger partial charge in [0.05, 0.1) is 11.4 Å². The molecule has 0 saturated heterocycles. The minimum absolute atomic E-state index is 0.0156. The van der Waals surface area contributed by atoms with E-state index in [1.807, 2.05) is 49.3 Å². The second-order valence-electron chi connectivity index (χ2n) is 3.61. The lowest BCUT2D eigenvalue weighted by Gasteiger charge is -2.25. The number of para-hydroxylation sites is 1. The lowest BCUT2D eigenvalue weighted by Crippen LogP contribution is -2.36. The zero-order valence-corrected chi connectivity index (χ0v) is 10.1. The van der Waals surface area contributed by atoms with E-state index in [2.05, 4.69) is 5.10 Å². The minimum Gasteiger partial charge on any atom is -0.356 e. The number of carbonyl (C=O) groups excluding carboxylic acids is 1. The lowest BCUT2D eigenvalue weighted by atomic mass is 10.3. The van der Waals surface area contributed by atoms with Gasteiger partial charge in [0.2, 0.25) is 0 Å². The van der Waals surface area contributed by atoms with Gasteiger partial charge < -0.3 is 4.90 Å². The van der Waals surface area contributed by atoms with Crippen molar-refractivity contribution in [3.05, 3.63) is 30.3 Å². The molecule has 0 fully saturated rings. The van der Waals surface area contributed by atoms with E-state index in [1.54, 1.807) is 0 Å². The van der Waals surface area contributed by atoms with Crippen molar-refractivity contribution in [1.29, 1.82) is 0 Å². The van der Waals surface area contributed by atoms with Gasteiger partial charge in [0.15, 0.2) is 5.17 Å². The van der Waals surface area contributed by atoms with E-state index >= 15 is 0 Å². The van der Waals surface area contributed by atoms with Crippen LogP contribution < -0.4 is 5.01 Å². The summed E-state index contributed by atoms with van der Waals surface area (Å²) in [6, 6.07) is 9.48. The van der Waals surface area contributed by atoms with E-state index in [1.165, 1.54) is 16.8 Å². The maximum atomic E-state index is 11.7. The summed E-state index contributed by atoms with van der Waals surface area (Å²) in [6.07, 6.45) is 0. The second kappa shape index (κ2) is 4.57. The molecule has 0 unspecified atom stereocenters. The van der Waals surface area contributed by atoms with E-state index in [4.69, 9.17) is 0 Å². The molecule has 1 amide bonds. The number of rotatable bonds is 1. The number of carbonyl (C=O) groups is 1. The fraction of sp³-hybridized carbons (Fsp3) is 0.273. The first-order chi connectivity index (χ1) is 7.68. The van der Waals surface area contributed by atoms with Crippen LogP contribution in [0.2, 0.25) is 0 Å². The molecule has 0 spiro atoms. The number of nitrogens with zero attached hydrogens (tertiary/aromatic N) is 3. The Morgan fingerprint density at radius 2 is 2.00 bits per heavy atom. The van der Waals surface area contributed by atoms with E-state index in [0.717, 1.165) is 10.9 Å². The van der Waals surface area contributed by atoms with Gasteiger partial charge in [-0.15, -0.1) is 5.10 Å². The number of amidine groups is 1. The van der Waals surface area contributed by atoms with Crippen LogP contribution >= 0.6 is 11.8 Å². The van der Waals surface area contributed by atoms with Crippen LogP contribution in [0.3, 0.4) is 0 Å². The summed E-state index contributed by atoms with van der Waals surface area (Å²) in [4.78, 5) is 13.7. The first-order valence-corrected chi connectivity index (χ1v) is 5.94. The third kappa shape index (κ3) is 2.19. The van der Waals surface area contributed by atoms with Crippen molar-refractivity contribution in [1.82, 2.24) is 4.90 Å². The van der Waals surface area contributed by atoms with Crippen LogP contribution in [0.4, 0.5) is 5.69 Å². The fourth-order valence-corrected chi connectivity index (χ4v) is 2.12. The summed E-state index contributed by atoms with van der Waals surface area (Å²) in [5.74, 6) is 0.452. The molecule has 2 rings (SSSR count). The Labute approximate surface area is 98.9 Å². The summed E-state index contributed by atoms with van der Waals surface area (Å²) in [5, 5.41) is 6.64. The Morgan fingerprint density at radius 3 is 2.62 bits per heavy atom. The highest BCUT2D eigenvalue weighted by atomic mass is 32.2. The molecule has 16 heavy (non-hydrogen) atoms. The van der Waals surface area contributed by atoms with Gasteiger partial charge in [-0.25, -0.2) is 0 Å². The molecule has 1 aromatic carbocycles. The molecule has 0 aromatic heterocycles. The predicted octanol–water partition coefficient (Wildman–Crippen LogP) is 1.60. The number of amides is 1. The van der Waals surface area contributed by atoms with Crippen molar-refractivity contribution < 1.29 is 4.79 Å². The molecule has 0 radical (unpaired) electrons. The number of thioether (sulfide) groups is 1. The Hall–Kier alpha value is -1.49. The van der Waals surface area contributed by atoms with Crippen LogP contribution in [0.15, 0.2) is 35.4 Å². The predicted molar refractivity (Wildman–Crippen MR) is 67.5 cm³/mol. The molecule has 0 atom stereocenters. The van der Waals surface area contributed by atoms with Crippen molar-refractivity contribution in [2.75, 3.05) is 24.9 Å². The zero-order valence-electron chi connectivity index (χ0n) is 9.25. The monoisotopic (exact) mass is 235 g/mol. The van der Waals surface area contributed by atoms with Crippen LogP contribution in [0.25, 0.3) is 0 Å². The molecule has 1 aliphatic heterocycles. The van der Waals surface area contributed by atoms with Crippen molar-refractivity contribution in [2.24, 2.45) is 5.10 Å². The Bertz CT molecular complexity index is 416. The summed E-state index contributed by atoms with van der Waals surface area (Å²) >= 11 is 1.46. The average molecular weight is 235 g/mol. The topological polar surface area (TPSA) is 35.9 Å². The lowest BCUT2D eigenvalue weighted by molar-refractivity contribution is -0.116. The number of benzene rings is 1. The van der Waals surface area contributed by atoms with Gasteiger partial charge in [-0.1, -0.05) is 30.0 Å². The van der Waals surface area contributed by atoms with E-state index in [9.17, 15) is 4.79 Å². The van der Waals surface area contributed by atoms with E-state index in [0.29, 0.717) is 5.75 Å². The van der Waals surface area contributed by atoms with Gasteiger partial charge in [-0.2, -0.15) is 5.01 Å². The van der Waals surface area contributed by atoms with Crippen LogP contribution in [0, 0.1) is 0 Å². The Kier molecular flexibility index (Phi) is 3.14. The largest absolute Gasteiger partial charge is 0.356 e. The van der Waals surface area contributed by atoms with Crippen molar-refractivity contribution >= 4 is 28.5 Å². The fourth-order valence-electron chi connectivity index (χ4n) is 1.35. The summed E-state index contributed by atoms with van der Waals surface area (Å²) in [7, 11) is 3.84. The number of hydrogen-bond donors (Lipinski definition) is 0. The summed E-state index contributed by atoms with van der Waals surface area (Å²) in [6.45, 7) is 0. The quantitative estimate of drug-likeness (QED) is 0.741. The van der Waals surface area contributed by atoms with Crippen LogP contribution in [0.5, 0.6) is 0 Å². The molecule has 1 heterocycles. The van der Waals surface area contributed by atoms with Gasteiger partial charge in [0, 0.05) is 14.1 Å². The molecule has 84 valence electrons. The normalized spacial score (nSPS) is 16.0. The zero-order chi connectivity index (χ0) is 11.5. The summed E-state index contributed by atoms with van der Waals surface area (Å²) in [5.41, 5.74) is 0.812. The smallest absolute Gasteiger partial charge is 0.257 e. The van der Waals surface area contributed by atoms with Crippen LogP contribution in [-0.2, 0) is 4.79 Å². The van der Waals surface area contributed by atoms with Gasteiger partial charge in [0.1, 0.15) is 0 Å². The van der Waals surface area contributed by atoms with Gasteiger partial charge in [-0.3, -0.25) is 4.79 Å². The third-order valence-electron chi connectivity index (χ3n) is 2.13. The maximum Gasteiger partial charge on any atom is 0.257 e. The standard InChI is InChI=1S/C11H13N3OS/c1-13(2)11-12-14(10(15)8-16-11)9-6-4-3-5-7-9/h3-7H,8H2,1-2H3. The molecule has 1 aliphatic rings. The molecule has 4 nitrogen and oxygen atoms in total. The Morgan fingerprint density at radius 1 is 1.31 bits per heavy atom. The highest BCUT2D eigenvalue weighted by Crippen LogP contribution is 2.22. The van der Waals surface area contributed by atoms with Crippen LogP contribution in [-0.4, -0.2) is 35.8 Å². The highest BCUT2D eigenvalue weighted by Gasteiger charge is 2.23. The number of hydrogen-bond acceptors (Lipinski definition) is 4. The molecule has 0 aliphatic carbocycles. The molecular formula is C11H13N3OS. The Balaban J connectivity index is 2.32. The molecular weight excluding hydrogens is 222 g/mol. The van der Waals surface area contributed by atoms with Crippen molar-refractivity contribution in [2.45, 2.75) is 0 Å². The first-order valence-electron chi connectivity index (χ1n) is 4.95. The number of hydrazone groups is 1. The molecule has 0 saturated carbocycles. The van der Waals surface area contributed by atoms with Gasteiger partial charge in [-0.05, 0) is 12.1 Å². The summed E-state index contributed by atoms with van der Waals surface area (Å²) < 4.78 is 0. The van der Waals surface area contributed by atoms with Crippen LogP contribution in [0.1, 0.15) is 0 Å². The molecule has 1 aromatic rings. The second-order valence-corrected chi connectivity index (χ2v) is 4.55. The molecule has 0 bridgehead atoms. The number of anilines is 1. The first kappa shape index (κ1) is 11.0. The highest BCUT2D eigenvalue weighted by molar-refractivity contribution is 8.14. The van der Waals surface area contributed by atoms with Crippen molar-refractivity contribution in [3.8, 4) is 0 Å². The van der Waals surface area contributed by atoms with Crippen molar-refractivity contribution in [3.63, 3.8) is 0 Å². The average Bonchev–Trinajstić information content (AvgIpc) is 2.30.